The zero-order valence-corrected chi connectivity index (χ0v) is 11.8. The van der Waals surface area contributed by atoms with Gasteiger partial charge in [0.1, 0.15) is 0 Å². The molecule has 0 aromatic heterocycles. The van der Waals surface area contributed by atoms with E-state index in [-0.39, 0.29) is 29.5 Å². The molecule has 0 N–H and O–H groups in total. The van der Waals surface area contributed by atoms with Gasteiger partial charge in [0.2, 0.25) is 11.1 Å². The first kappa shape index (κ1) is 14.3. The molecule has 4 nitrogen and oxygen atoms in total. The number of hydrogen-bond donors (Lipinski definition) is 0. The average Bonchev–Trinajstić information content (AvgIpc) is 2.71. The summed E-state index contributed by atoms with van der Waals surface area (Å²) in [5.41, 5.74) is 0.681. The van der Waals surface area contributed by atoms with Gasteiger partial charge in [0, 0.05) is 18.5 Å². The Kier molecular flexibility index (Phi) is 4.13. The first-order valence-corrected chi connectivity index (χ1v) is 6.52. The maximum absolute atomic E-state index is 11.8. The van der Waals surface area contributed by atoms with E-state index in [4.69, 9.17) is 34.8 Å². The maximum Gasteiger partial charge on any atom is 0.252 e. The molecule has 1 saturated heterocycles. The Balaban J connectivity index is 2.30. The molecule has 7 heteroatoms. The van der Waals surface area contributed by atoms with Gasteiger partial charge in [0.05, 0.1) is 16.6 Å². The SMILES string of the molecule is O=C(Cl)c1ccc(N2C[C@H](C(=O)Cl)CC2=O)c(Cl)c1. The minimum Gasteiger partial charge on any atom is -0.310 e. The highest BCUT2D eigenvalue weighted by molar-refractivity contribution is 6.67. The van der Waals surface area contributed by atoms with Gasteiger partial charge in [-0.15, -0.1) is 0 Å². The van der Waals surface area contributed by atoms with Crippen LogP contribution in [0, 0.1) is 5.92 Å². The second-order valence-electron chi connectivity index (χ2n) is 4.15. The zero-order valence-electron chi connectivity index (χ0n) is 9.53. The molecule has 0 unspecified atom stereocenters. The fourth-order valence-corrected chi connectivity index (χ4v) is 2.49. The lowest BCUT2D eigenvalue weighted by Gasteiger charge is -2.18. The highest BCUT2D eigenvalue weighted by Gasteiger charge is 2.35. The van der Waals surface area contributed by atoms with Crippen molar-refractivity contribution in [2.24, 2.45) is 5.92 Å². The van der Waals surface area contributed by atoms with Gasteiger partial charge in [-0.2, -0.15) is 0 Å². The van der Waals surface area contributed by atoms with Crippen LogP contribution in [0.3, 0.4) is 0 Å². The molecule has 1 aromatic carbocycles. The van der Waals surface area contributed by atoms with Crippen LogP contribution in [0.4, 0.5) is 5.69 Å². The molecule has 0 spiro atoms. The first-order chi connectivity index (χ1) is 8.90. The van der Waals surface area contributed by atoms with Crippen molar-refractivity contribution in [2.75, 3.05) is 11.4 Å². The summed E-state index contributed by atoms with van der Waals surface area (Å²) in [6.07, 6.45) is 0.0643. The lowest BCUT2D eigenvalue weighted by molar-refractivity contribution is -0.120. The predicted molar refractivity (Wildman–Crippen MR) is 73.0 cm³/mol. The molecule has 0 bridgehead atoms. The van der Waals surface area contributed by atoms with Crippen LogP contribution in [0.5, 0.6) is 0 Å². The van der Waals surface area contributed by atoms with E-state index in [1.54, 1.807) is 0 Å². The van der Waals surface area contributed by atoms with Crippen molar-refractivity contribution in [3.63, 3.8) is 0 Å². The summed E-state index contributed by atoms with van der Waals surface area (Å²) in [5, 5.41) is -0.947. The number of anilines is 1. The molecule has 2 rings (SSSR count). The van der Waals surface area contributed by atoms with Gasteiger partial charge in [-0.1, -0.05) is 11.6 Å². The molecule has 1 amide bonds. The number of rotatable bonds is 3. The molecule has 0 saturated carbocycles. The second kappa shape index (κ2) is 5.49. The maximum atomic E-state index is 11.8. The van der Waals surface area contributed by atoms with Crippen LogP contribution in [-0.2, 0) is 9.59 Å². The van der Waals surface area contributed by atoms with E-state index in [2.05, 4.69) is 0 Å². The molecule has 100 valence electrons. The summed E-state index contributed by atoms with van der Waals surface area (Å²) in [5.74, 6) is -0.759. The topological polar surface area (TPSA) is 54.5 Å². The van der Waals surface area contributed by atoms with Crippen molar-refractivity contribution in [1.82, 2.24) is 0 Å². The largest absolute Gasteiger partial charge is 0.310 e. The van der Waals surface area contributed by atoms with Gasteiger partial charge in [-0.3, -0.25) is 14.4 Å². The minimum atomic E-state index is -0.630. The lowest BCUT2D eigenvalue weighted by atomic mass is 10.1. The lowest BCUT2D eigenvalue weighted by Crippen LogP contribution is -2.25. The summed E-state index contributed by atoms with van der Waals surface area (Å²) in [6, 6.07) is 4.38. The zero-order chi connectivity index (χ0) is 14.2. The quantitative estimate of drug-likeness (QED) is 0.805. The summed E-state index contributed by atoms with van der Waals surface area (Å²) in [6.45, 7) is 0.190. The predicted octanol–water partition coefficient (Wildman–Crippen LogP) is 2.84. The molecular weight excluding hydrogens is 312 g/mol. The van der Waals surface area contributed by atoms with Crippen molar-refractivity contribution in [1.29, 1.82) is 0 Å². The van der Waals surface area contributed by atoms with Crippen LogP contribution in [0.2, 0.25) is 5.02 Å². The number of halogens is 3. The van der Waals surface area contributed by atoms with Crippen molar-refractivity contribution < 1.29 is 14.4 Å². The molecule has 1 aliphatic rings. The van der Waals surface area contributed by atoms with E-state index in [0.717, 1.165) is 0 Å². The van der Waals surface area contributed by atoms with Crippen molar-refractivity contribution in [3.05, 3.63) is 28.8 Å². The van der Waals surface area contributed by atoms with Gasteiger partial charge in [0.15, 0.2) is 0 Å². The van der Waals surface area contributed by atoms with Gasteiger partial charge in [-0.25, -0.2) is 0 Å². The number of benzene rings is 1. The fraction of sp³-hybridized carbons (Fsp3) is 0.250. The Morgan fingerprint density at radius 3 is 2.42 bits per heavy atom. The van der Waals surface area contributed by atoms with Gasteiger partial charge in [0.25, 0.3) is 5.24 Å². The van der Waals surface area contributed by atoms with Gasteiger partial charge in [-0.05, 0) is 41.4 Å². The average molecular weight is 321 g/mol. The number of amides is 1. The minimum absolute atomic E-state index is 0.0643. The van der Waals surface area contributed by atoms with E-state index in [1.807, 2.05) is 0 Å². The Labute approximate surface area is 124 Å². The van der Waals surface area contributed by atoms with Gasteiger partial charge < -0.3 is 4.90 Å². The van der Waals surface area contributed by atoms with Crippen LogP contribution >= 0.6 is 34.8 Å². The second-order valence-corrected chi connectivity index (χ2v) is 5.27. The normalized spacial score (nSPS) is 18.8. The molecule has 1 fully saturated rings. The van der Waals surface area contributed by atoms with Crippen molar-refractivity contribution >= 4 is 56.9 Å². The molecule has 0 aliphatic carbocycles. The molecule has 0 radical (unpaired) electrons. The van der Waals surface area contributed by atoms with E-state index in [1.165, 1.54) is 23.1 Å². The smallest absolute Gasteiger partial charge is 0.252 e. The summed E-state index contributed by atoms with van der Waals surface area (Å²) in [7, 11) is 0. The molecule has 1 heterocycles. The van der Waals surface area contributed by atoms with Crippen LogP contribution in [0.15, 0.2) is 18.2 Å². The molecule has 1 atom stereocenters. The first-order valence-electron chi connectivity index (χ1n) is 5.39. The Morgan fingerprint density at radius 2 is 1.95 bits per heavy atom. The summed E-state index contributed by atoms with van der Waals surface area (Å²) in [4.78, 5) is 35.3. The Hall–Kier alpha value is -1.10. The van der Waals surface area contributed by atoms with E-state index < -0.39 is 16.4 Å². The standard InChI is InChI=1S/C12H8Cl3NO3/c13-8-3-6(11(14)18)1-2-9(8)16-5-7(12(15)19)4-10(16)17/h1-3,7H,4-5H2/t7-/m1/s1. The summed E-state index contributed by atoms with van der Waals surface area (Å²) >= 11 is 16.8. The highest BCUT2D eigenvalue weighted by atomic mass is 35.5. The molecule has 1 aromatic rings. The highest BCUT2D eigenvalue weighted by Crippen LogP contribution is 2.32. The summed E-state index contributed by atoms with van der Waals surface area (Å²) < 4.78 is 0. The number of hydrogen-bond acceptors (Lipinski definition) is 3. The van der Waals surface area contributed by atoms with E-state index in [9.17, 15) is 14.4 Å². The monoisotopic (exact) mass is 319 g/mol. The van der Waals surface area contributed by atoms with Crippen molar-refractivity contribution in [3.8, 4) is 0 Å². The molecule has 1 aliphatic heterocycles. The Morgan fingerprint density at radius 1 is 1.26 bits per heavy atom. The third kappa shape index (κ3) is 2.91. The fourth-order valence-electron chi connectivity index (χ4n) is 1.94. The molecule has 19 heavy (non-hydrogen) atoms. The number of nitrogens with zero attached hydrogens (tertiary/aromatic N) is 1. The van der Waals surface area contributed by atoms with Crippen LogP contribution in [0.1, 0.15) is 16.8 Å². The van der Waals surface area contributed by atoms with E-state index in [0.29, 0.717) is 5.69 Å². The van der Waals surface area contributed by atoms with Gasteiger partial charge >= 0.3 is 0 Å². The third-order valence-corrected chi connectivity index (χ3v) is 3.74. The van der Waals surface area contributed by atoms with Crippen LogP contribution in [-0.4, -0.2) is 22.9 Å². The molecular formula is C12H8Cl3NO3. The number of carbonyl (C=O) groups is 3. The third-order valence-electron chi connectivity index (χ3n) is 2.91. The van der Waals surface area contributed by atoms with Crippen LogP contribution in [0.25, 0.3) is 0 Å². The van der Waals surface area contributed by atoms with Crippen LogP contribution < -0.4 is 4.90 Å². The number of carbonyl (C=O) groups excluding carboxylic acids is 3. The van der Waals surface area contributed by atoms with Crippen molar-refractivity contribution in [2.45, 2.75) is 6.42 Å². The van der Waals surface area contributed by atoms with E-state index >= 15 is 0 Å². The Bertz CT molecular complexity index is 573.